The molecule has 1 aromatic heterocycles. The van der Waals surface area contributed by atoms with Crippen molar-refractivity contribution in [3.63, 3.8) is 0 Å². The maximum Gasteiger partial charge on any atom is 0.277 e. The summed E-state index contributed by atoms with van der Waals surface area (Å²) >= 11 is 0. The summed E-state index contributed by atoms with van der Waals surface area (Å²) in [6, 6.07) is 8.63. The zero-order chi connectivity index (χ0) is 12.8. The normalized spacial score (nSPS) is 9.39. The second-order valence-corrected chi connectivity index (χ2v) is 3.42. The van der Waals surface area contributed by atoms with Crippen molar-refractivity contribution in [2.75, 3.05) is 11.9 Å². The Hall–Kier alpha value is -2.58. The summed E-state index contributed by atoms with van der Waals surface area (Å²) in [6.07, 6.45) is 1.35. The molecule has 0 aliphatic carbocycles. The summed E-state index contributed by atoms with van der Waals surface area (Å²) in [5.41, 5.74) is 7.03. The predicted molar refractivity (Wildman–Crippen MR) is 66.8 cm³/mol. The predicted octanol–water partition coefficient (Wildman–Crippen LogP) is 1.24. The lowest BCUT2D eigenvalue weighted by molar-refractivity contribution is 0.101. The van der Waals surface area contributed by atoms with Crippen LogP contribution in [0.25, 0.3) is 0 Å². The van der Waals surface area contributed by atoms with Gasteiger partial charge in [0.05, 0.1) is 6.54 Å². The third-order valence-electron chi connectivity index (χ3n) is 2.15. The van der Waals surface area contributed by atoms with Crippen molar-refractivity contribution in [1.29, 1.82) is 0 Å². The second kappa shape index (κ2) is 5.66. The van der Waals surface area contributed by atoms with Gasteiger partial charge < -0.3 is 15.6 Å². The number of amides is 1. The SMILES string of the molecule is NCC#Cc1ccc(NC(=O)c2ccon2)cc1. The minimum absolute atomic E-state index is 0.238. The highest BCUT2D eigenvalue weighted by Crippen LogP contribution is 2.10. The van der Waals surface area contributed by atoms with Gasteiger partial charge in [0.25, 0.3) is 5.91 Å². The van der Waals surface area contributed by atoms with E-state index in [2.05, 4.69) is 26.8 Å². The fourth-order valence-corrected chi connectivity index (χ4v) is 1.31. The van der Waals surface area contributed by atoms with E-state index in [0.29, 0.717) is 12.2 Å². The van der Waals surface area contributed by atoms with Crippen molar-refractivity contribution in [2.24, 2.45) is 5.73 Å². The second-order valence-electron chi connectivity index (χ2n) is 3.42. The lowest BCUT2D eigenvalue weighted by Crippen LogP contribution is -2.11. The third-order valence-corrected chi connectivity index (χ3v) is 2.15. The Morgan fingerprint density at radius 2 is 2.11 bits per heavy atom. The number of nitrogens with zero attached hydrogens (tertiary/aromatic N) is 1. The fraction of sp³-hybridized carbons (Fsp3) is 0.0769. The van der Waals surface area contributed by atoms with Crippen LogP contribution in [-0.2, 0) is 0 Å². The fourth-order valence-electron chi connectivity index (χ4n) is 1.31. The van der Waals surface area contributed by atoms with E-state index in [1.807, 2.05) is 0 Å². The van der Waals surface area contributed by atoms with Gasteiger partial charge in [-0.25, -0.2) is 0 Å². The molecule has 0 spiro atoms. The number of benzene rings is 1. The standard InChI is InChI=1S/C13H11N3O2/c14-8-1-2-10-3-5-11(6-4-10)15-13(17)12-7-9-18-16-12/h3-7,9H,8,14H2,(H,15,17). The molecular formula is C13H11N3O2. The summed E-state index contributed by atoms with van der Waals surface area (Å²) in [6.45, 7) is 0.324. The van der Waals surface area contributed by atoms with Crippen molar-refractivity contribution in [1.82, 2.24) is 5.16 Å². The van der Waals surface area contributed by atoms with Crippen LogP contribution in [0.15, 0.2) is 41.1 Å². The van der Waals surface area contributed by atoms with E-state index in [-0.39, 0.29) is 11.6 Å². The Labute approximate surface area is 104 Å². The first-order chi connectivity index (χ1) is 8.79. The lowest BCUT2D eigenvalue weighted by Gasteiger charge is -2.02. The Bertz CT molecular complexity index is 577. The highest BCUT2D eigenvalue weighted by molar-refractivity contribution is 6.02. The van der Waals surface area contributed by atoms with E-state index in [9.17, 15) is 4.79 Å². The Kier molecular flexibility index (Phi) is 3.74. The third kappa shape index (κ3) is 2.97. The largest absolute Gasteiger partial charge is 0.364 e. The topological polar surface area (TPSA) is 81.1 Å². The zero-order valence-corrected chi connectivity index (χ0v) is 9.51. The smallest absolute Gasteiger partial charge is 0.277 e. The van der Waals surface area contributed by atoms with Gasteiger partial charge in [0.1, 0.15) is 6.26 Å². The number of hydrogen-bond acceptors (Lipinski definition) is 4. The number of carbonyl (C=O) groups excluding carboxylic acids is 1. The molecule has 0 aliphatic heterocycles. The number of hydrogen-bond donors (Lipinski definition) is 2. The number of nitrogens with two attached hydrogens (primary N) is 1. The molecule has 1 amide bonds. The van der Waals surface area contributed by atoms with Gasteiger partial charge in [-0.15, -0.1) is 0 Å². The van der Waals surface area contributed by atoms with Crippen LogP contribution >= 0.6 is 0 Å². The number of rotatable bonds is 2. The highest BCUT2D eigenvalue weighted by atomic mass is 16.5. The molecule has 0 bridgehead atoms. The Balaban J connectivity index is 2.04. The number of aromatic nitrogens is 1. The van der Waals surface area contributed by atoms with Gasteiger partial charge >= 0.3 is 0 Å². The molecule has 3 N–H and O–H groups in total. The summed E-state index contributed by atoms with van der Waals surface area (Å²) in [5.74, 6) is 5.34. The summed E-state index contributed by atoms with van der Waals surface area (Å²) in [4.78, 5) is 11.7. The summed E-state index contributed by atoms with van der Waals surface area (Å²) in [7, 11) is 0. The van der Waals surface area contributed by atoms with E-state index >= 15 is 0 Å². The number of anilines is 1. The molecule has 0 fully saturated rings. The van der Waals surface area contributed by atoms with Crippen LogP contribution in [0.5, 0.6) is 0 Å². The minimum Gasteiger partial charge on any atom is -0.364 e. The van der Waals surface area contributed by atoms with Crippen molar-refractivity contribution >= 4 is 11.6 Å². The van der Waals surface area contributed by atoms with Crippen LogP contribution in [-0.4, -0.2) is 17.6 Å². The summed E-state index contributed by atoms with van der Waals surface area (Å²) in [5, 5.41) is 6.24. The van der Waals surface area contributed by atoms with Gasteiger partial charge in [0, 0.05) is 17.3 Å². The van der Waals surface area contributed by atoms with Crippen LogP contribution in [0, 0.1) is 11.8 Å². The number of carbonyl (C=O) groups is 1. The molecule has 1 aromatic carbocycles. The van der Waals surface area contributed by atoms with Crippen molar-refractivity contribution in [2.45, 2.75) is 0 Å². The van der Waals surface area contributed by atoms with Crippen LogP contribution in [0.4, 0.5) is 5.69 Å². The molecule has 0 aliphatic rings. The molecule has 0 radical (unpaired) electrons. The average Bonchev–Trinajstić information content (AvgIpc) is 2.92. The zero-order valence-electron chi connectivity index (χ0n) is 9.51. The van der Waals surface area contributed by atoms with Crippen molar-refractivity contribution in [3.05, 3.63) is 47.9 Å². The van der Waals surface area contributed by atoms with E-state index in [1.165, 1.54) is 12.3 Å². The molecule has 0 atom stereocenters. The lowest BCUT2D eigenvalue weighted by atomic mass is 10.2. The molecule has 2 rings (SSSR count). The molecule has 18 heavy (non-hydrogen) atoms. The first kappa shape index (κ1) is 11.9. The van der Waals surface area contributed by atoms with Crippen LogP contribution in [0.2, 0.25) is 0 Å². The molecule has 1 heterocycles. The Morgan fingerprint density at radius 1 is 1.33 bits per heavy atom. The van der Waals surface area contributed by atoms with Crippen LogP contribution < -0.4 is 11.1 Å². The van der Waals surface area contributed by atoms with Gasteiger partial charge in [-0.05, 0) is 24.3 Å². The van der Waals surface area contributed by atoms with E-state index < -0.39 is 0 Å². The van der Waals surface area contributed by atoms with Crippen LogP contribution in [0.3, 0.4) is 0 Å². The maximum absolute atomic E-state index is 11.7. The average molecular weight is 241 g/mol. The molecule has 0 saturated carbocycles. The molecule has 2 aromatic rings. The van der Waals surface area contributed by atoms with E-state index in [4.69, 9.17) is 5.73 Å². The highest BCUT2D eigenvalue weighted by Gasteiger charge is 2.08. The van der Waals surface area contributed by atoms with Crippen LogP contribution in [0.1, 0.15) is 16.1 Å². The van der Waals surface area contributed by atoms with Gasteiger partial charge in [-0.3, -0.25) is 4.79 Å². The van der Waals surface area contributed by atoms with Crippen molar-refractivity contribution in [3.8, 4) is 11.8 Å². The van der Waals surface area contributed by atoms with E-state index in [0.717, 1.165) is 5.56 Å². The van der Waals surface area contributed by atoms with Gasteiger partial charge in [-0.2, -0.15) is 0 Å². The summed E-state index contributed by atoms with van der Waals surface area (Å²) < 4.78 is 4.60. The van der Waals surface area contributed by atoms with E-state index in [1.54, 1.807) is 24.3 Å². The molecule has 90 valence electrons. The van der Waals surface area contributed by atoms with Crippen molar-refractivity contribution < 1.29 is 9.32 Å². The van der Waals surface area contributed by atoms with Gasteiger partial charge in [0.2, 0.25) is 0 Å². The molecular weight excluding hydrogens is 230 g/mol. The molecule has 5 heteroatoms. The van der Waals surface area contributed by atoms with Gasteiger partial charge in [0.15, 0.2) is 5.69 Å². The number of nitrogens with one attached hydrogen (secondary N) is 1. The minimum atomic E-state index is -0.315. The monoisotopic (exact) mass is 241 g/mol. The maximum atomic E-state index is 11.7. The Morgan fingerprint density at radius 3 is 2.72 bits per heavy atom. The molecule has 0 saturated heterocycles. The molecule has 5 nitrogen and oxygen atoms in total. The first-order valence-corrected chi connectivity index (χ1v) is 5.30. The first-order valence-electron chi connectivity index (χ1n) is 5.30. The quantitative estimate of drug-likeness (QED) is 0.775. The van der Waals surface area contributed by atoms with Gasteiger partial charge in [-0.1, -0.05) is 17.0 Å². The molecule has 0 unspecified atom stereocenters.